The fourth-order valence-electron chi connectivity index (χ4n) is 7.02. The van der Waals surface area contributed by atoms with Gasteiger partial charge in [0.05, 0.1) is 17.0 Å². The van der Waals surface area contributed by atoms with Crippen molar-refractivity contribution >= 4 is 60.9 Å². The maximum absolute atomic E-state index is 6.77. The van der Waals surface area contributed by atoms with Crippen molar-refractivity contribution in [2.45, 2.75) is 6.92 Å². The molecule has 7 aromatic carbocycles. The second kappa shape index (κ2) is 12.6. The molecule has 51 heavy (non-hydrogen) atoms. The van der Waals surface area contributed by atoms with Crippen LogP contribution in [0.1, 0.15) is 23.6 Å². The standard InChI is InChI=1S/C48H33NO2/c1-31(27-43(36-21-13-6-14-22-36)49-32(2)33-15-7-3-8-16-33)46-47-41(39-28-37(23-25-44(39)50-47)34-17-9-4-10-18-34)30-42-40-29-38(35-19-11-5-12-20-35)24-26-45(40)51-48(42)46/h3-30H,2H2,1H3/b31-27+,49-43?. The molecule has 0 fully saturated rings. The summed E-state index contributed by atoms with van der Waals surface area (Å²) in [6, 6.07) is 56.4. The molecule has 2 aromatic heterocycles. The molecule has 0 spiro atoms. The van der Waals surface area contributed by atoms with Crippen LogP contribution in [0.25, 0.3) is 77.4 Å². The summed E-state index contributed by atoms with van der Waals surface area (Å²) in [6.45, 7) is 6.45. The van der Waals surface area contributed by atoms with Gasteiger partial charge in [0.1, 0.15) is 22.3 Å². The number of hydrogen-bond donors (Lipinski definition) is 0. The molecule has 9 aromatic rings. The van der Waals surface area contributed by atoms with Crippen LogP contribution in [0.3, 0.4) is 0 Å². The third-order valence-electron chi connectivity index (χ3n) is 9.59. The molecule has 2 heterocycles. The van der Waals surface area contributed by atoms with Crippen molar-refractivity contribution in [2.24, 2.45) is 4.99 Å². The second-order valence-corrected chi connectivity index (χ2v) is 12.9. The van der Waals surface area contributed by atoms with Crippen molar-refractivity contribution in [1.82, 2.24) is 0 Å². The molecule has 0 bridgehead atoms. The highest BCUT2D eigenvalue weighted by Crippen LogP contribution is 2.44. The lowest BCUT2D eigenvalue weighted by molar-refractivity contribution is 0.654. The highest BCUT2D eigenvalue weighted by atomic mass is 16.3. The quantitative estimate of drug-likeness (QED) is 0.160. The average molecular weight is 656 g/mol. The van der Waals surface area contributed by atoms with E-state index >= 15 is 0 Å². The van der Waals surface area contributed by atoms with Gasteiger partial charge in [-0.3, -0.25) is 0 Å². The summed E-state index contributed by atoms with van der Waals surface area (Å²) < 4.78 is 13.5. The van der Waals surface area contributed by atoms with Crippen LogP contribution >= 0.6 is 0 Å². The van der Waals surface area contributed by atoms with Gasteiger partial charge in [0.15, 0.2) is 0 Å². The predicted molar refractivity (Wildman–Crippen MR) is 214 cm³/mol. The molecule has 9 rings (SSSR count). The molecule has 3 heteroatoms. The van der Waals surface area contributed by atoms with Gasteiger partial charge in [0, 0.05) is 27.1 Å². The van der Waals surface area contributed by atoms with Gasteiger partial charge in [-0.15, -0.1) is 0 Å². The largest absolute Gasteiger partial charge is 0.455 e. The normalized spacial score (nSPS) is 12.3. The maximum atomic E-state index is 6.77. The summed E-state index contributed by atoms with van der Waals surface area (Å²) in [5.74, 6) is 0. The summed E-state index contributed by atoms with van der Waals surface area (Å²) in [4.78, 5) is 5.10. The molecule has 242 valence electrons. The smallest absolute Gasteiger partial charge is 0.146 e. The van der Waals surface area contributed by atoms with E-state index in [4.69, 9.17) is 13.8 Å². The van der Waals surface area contributed by atoms with Crippen molar-refractivity contribution in [1.29, 1.82) is 0 Å². The Labute approximate surface area is 296 Å². The number of nitrogens with zero attached hydrogens (tertiary/aromatic N) is 1. The molecule has 0 aliphatic carbocycles. The van der Waals surface area contributed by atoms with E-state index in [0.29, 0.717) is 5.70 Å². The molecule has 0 saturated heterocycles. The average Bonchev–Trinajstić information content (AvgIpc) is 3.75. The first-order chi connectivity index (χ1) is 25.1. The third kappa shape index (κ3) is 5.55. The van der Waals surface area contributed by atoms with Crippen LogP contribution in [0.5, 0.6) is 0 Å². The summed E-state index contributed by atoms with van der Waals surface area (Å²) in [6.07, 6.45) is 2.13. The molecule has 0 atom stereocenters. The van der Waals surface area contributed by atoms with E-state index in [9.17, 15) is 0 Å². The lowest BCUT2D eigenvalue weighted by Crippen LogP contribution is -1.99. The molecule has 0 amide bonds. The Morgan fingerprint density at radius 2 is 0.941 bits per heavy atom. The minimum Gasteiger partial charge on any atom is -0.455 e. The first-order valence-electron chi connectivity index (χ1n) is 17.1. The van der Waals surface area contributed by atoms with Gasteiger partial charge in [-0.05, 0) is 76.7 Å². The summed E-state index contributed by atoms with van der Waals surface area (Å²) in [7, 11) is 0. The Kier molecular flexibility index (Phi) is 7.52. The first-order valence-corrected chi connectivity index (χ1v) is 17.1. The number of fused-ring (bicyclic) bond motifs is 6. The molecule has 0 radical (unpaired) electrons. The van der Waals surface area contributed by atoms with Gasteiger partial charge in [-0.1, -0.05) is 140 Å². The number of rotatable bonds is 7. The van der Waals surface area contributed by atoms with E-state index in [1.54, 1.807) is 0 Å². The molecule has 0 saturated carbocycles. The van der Waals surface area contributed by atoms with E-state index < -0.39 is 0 Å². The van der Waals surface area contributed by atoms with Crippen molar-refractivity contribution in [3.63, 3.8) is 0 Å². The lowest BCUT2D eigenvalue weighted by atomic mass is 9.96. The Morgan fingerprint density at radius 3 is 1.43 bits per heavy atom. The van der Waals surface area contributed by atoms with Crippen LogP contribution < -0.4 is 0 Å². The topological polar surface area (TPSA) is 38.6 Å². The number of benzene rings is 7. The molecule has 0 N–H and O–H groups in total. The molecule has 0 aliphatic rings. The molecule has 0 unspecified atom stereocenters. The monoisotopic (exact) mass is 655 g/mol. The molecular weight excluding hydrogens is 623 g/mol. The maximum Gasteiger partial charge on any atom is 0.146 e. The second-order valence-electron chi connectivity index (χ2n) is 12.9. The fourth-order valence-corrected chi connectivity index (χ4v) is 7.02. The molecule has 3 nitrogen and oxygen atoms in total. The number of aliphatic imine (C=N–C) groups is 1. The van der Waals surface area contributed by atoms with Gasteiger partial charge in [-0.25, -0.2) is 4.99 Å². The van der Waals surface area contributed by atoms with E-state index in [1.807, 2.05) is 60.7 Å². The van der Waals surface area contributed by atoms with Crippen LogP contribution in [0.2, 0.25) is 0 Å². The van der Waals surface area contributed by atoms with Crippen LogP contribution in [-0.4, -0.2) is 5.71 Å². The van der Waals surface area contributed by atoms with E-state index in [-0.39, 0.29) is 0 Å². The Hall–Kier alpha value is -6.71. The Bertz CT molecular complexity index is 2650. The summed E-state index contributed by atoms with van der Waals surface area (Å²) in [5, 5.41) is 4.20. The van der Waals surface area contributed by atoms with E-state index in [0.717, 1.165) is 94.1 Å². The highest BCUT2D eigenvalue weighted by Gasteiger charge is 2.22. The Morgan fingerprint density at radius 1 is 0.490 bits per heavy atom. The molecular formula is C48H33NO2. The van der Waals surface area contributed by atoms with Crippen molar-refractivity contribution < 1.29 is 8.83 Å². The van der Waals surface area contributed by atoms with Gasteiger partial charge >= 0.3 is 0 Å². The minimum absolute atomic E-state index is 0.691. The Balaban J connectivity index is 1.32. The predicted octanol–water partition coefficient (Wildman–Crippen LogP) is 13.4. The van der Waals surface area contributed by atoms with Crippen molar-refractivity contribution in [3.05, 3.63) is 193 Å². The van der Waals surface area contributed by atoms with Crippen LogP contribution in [0, 0.1) is 0 Å². The highest BCUT2D eigenvalue weighted by molar-refractivity contribution is 6.22. The van der Waals surface area contributed by atoms with Crippen LogP contribution in [-0.2, 0) is 0 Å². The number of furan rings is 2. The van der Waals surface area contributed by atoms with Gasteiger partial charge in [-0.2, -0.15) is 0 Å². The molecule has 0 aliphatic heterocycles. The zero-order valence-corrected chi connectivity index (χ0v) is 28.1. The fraction of sp³-hybridized carbons (Fsp3) is 0.0208. The van der Waals surface area contributed by atoms with Gasteiger partial charge in [0.2, 0.25) is 0 Å². The first kappa shape index (κ1) is 30.4. The van der Waals surface area contributed by atoms with E-state index in [1.165, 1.54) is 0 Å². The zero-order chi connectivity index (χ0) is 34.3. The van der Waals surface area contributed by atoms with Gasteiger partial charge in [0.25, 0.3) is 0 Å². The van der Waals surface area contributed by atoms with Crippen molar-refractivity contribution in [3.8, 4) is 22.3 Å². The third-order valence-corrected chi connectivity index (χ3v) is 9.59. The minimum atomic E-state index is 0.691. The zero-order valence-electron chi connectivity index (χ0n) is 28.1. The number of allylic oxidation sites excluding steroid dienone is 2. The van der Waals surface area contributed by atoms with Gasteiger partial charge < -0.3 is 8.83 Å². The van der Waals surface area contributed by atoms with Crippen LogP contribution in [0.4, 0.5) is 0 Å². The van der Waals surface area contributed by atoms with E-state index in [2.05, 4.69) is 123 Å². The summed E-state index contributed by atoms with van der Waals surface area (Å²) in [5.41, 5.74) is 13.2. The lowest BCUT2D eigenvalue weighted by Gasteiger charge is -2.09. The summed E-state index contributed by atoms with van der Waals surface area (Å²) >= 11 is 0. The van der Waals surface area contributed by atoms with Crippen molar-refractivity contribution in [2.75, 3.05) is 0 Å². The number of hydrogen-bond acceptors (Lipinski definition) is 3. The van der Waals surface area contributed by atoms with Crippen LogP contribution in [0.15, 0.2) is 190 Å². The SMILES string of the molecule is C=C(N=C(/C=C(\C)c1c2oc3ccc(-c4ccccc4)cc3c2cc2c1oc1ccc(-c3ccccc3)cc12)c1ccccc1)c1ccccc1.